The fourth-order valence-electron chi connectivity index (χ4n) is 4.53. The Morgan fingerprint density at radius 3 is 1.81 bits per heavy atom. The number of carbonyl (C=O) groups is 2. The lowest BCUT2D eigenvalue weighted by molar-refractivity contribution is -0.115. The van der Waals surface area contributed by atoms with E-state index in [-0.39, 0.29) is 11.8 Å². The van der Waals surface area contributed by atoms with Crippen molar-refractivity contribution in [2.45, 2.75) is 6.92 Å². The number of carbonyl (C=O) groups excluding carboxylic acids is 2. The highest BCUT2D eigenvalue weighted by Crippen LogP contribution is 2.34. The molecule has 5 aromatic rings. The number of aliphatic imine (C=N–C) groups is 1. The maximum Gasteiger partial charge on any atom is 0.304 e. The van der Waals surface area contributed by atoms with E-state index in [9.17, 15) is 9.59 Å². The van der Waals surface area contributed by atoms with Gasteiger partial charge < -0.3 is 9.64 Å². The number of amidine groups is 1. The van der Waals surface area contributed by atoms with Crippen LogP contribution in [0.5, 0.6) is 0 Å². The highest BCUT2D eigenvalue weighted by Gasteiger charge is 2.16. The van der Waals surface area contributed by atoms with Gasteiger partial charge in [0.15, 0.2) is 5.78 Å². The summed E-state index contributed by atoms with van der Waals surface area (Å²) in [4.78, 5) is 33.2. The van der Waals surface area contributed by atoms with Crippen LogP contribution in [0.1, 0.15) is 28.4 Å². The molecule has 0 fully saturated rings. The normalized spacial score (nSPS) is 11.2. The molecular weight excluding hydrogens is 534 g/mol. The van der Waals surface area contributed by atoms with Gasteiger partial charge in [-0.1, -0.05) is 91.0 Å². The van der Waals surface area contributed by atoms with Crippen molar-refractivity contribution < 1.29 is 14.3 Å². The van der Waals surface area contributed by atoms with Crippen LogP contribution in [0.3, 0.4) is 0 Å². The molecule has 0 aliphatic rings. The minimum Gasteiger partial charge on any atom is -0.433 e. The van der Waals surface area contributed by atoms with E-state index in [2.05, 4.69) is 34.2 Å². The largest absolute Gasteiger partial charge is 0.433 e. The van der Waals surface area contributed by atoms with Crippen molar-refractivity contribution in [2.24, 2.45) is 4.99 Å². The molecule has 5 rings (SSSR count). The topological polar surface area (TPSA) is 62.2 Å². The van der Waals surface area contributed by atoms with E-state index in [1.54, 1.807) is 42.5 Å². The number of hydrogen-bond donors (Lipinski definition) is 0. The Morgan fingerprint density at radius 1 is 0.698 bits per heavy atom. The monoisotopic (exact) mass is 565 g/mol. The first-order valence-electron chi connectivity index (χ1n) is 14.0. The molecule has 43 heavy (non-hydrogen) atoms. The zero-order valence-corrected chi connectivity index (χ0v) is 23.8. The molecule has 0 radical (unpaired) electrons. The van der Waals surface area contributed by atoms with E-state index in [4.69, 9.17) is 4.74 Å². The van der Waals surface area contributed by atoms with Gasteiger partial charge in [-0.2, -0.15) is 4.99 Å². The Kier molecular flexibility index (Phi) is 9.52. The minimum atomic E-state index is -0.163. The molecule has 6 nitrogen and oxygen atoms in total. The van der Waals surface area contributed by atoms with Gasteiger partial charge in [-0.05, 0) is 67.1 Å². The van der Waals surface area contributed by atoms with Gasteiger partial charge in [0.2, 0.25) is 6.41 Å². The Hall–Kier alpha value is -5.75. The molecule has 212 valence electrons. The summed E-state index contributed by atoms with van der Waals surface area (Å²) in [5.41, 5.74) is 5.40. The molecule has 1 amide bonds. The molecule has 0 aliphatic carbocycles. The average Bonchev–Trinajstić information content (AvgIpc) is 3.07. The molecule has 5 aromatic carbocycles. The van der Waals surface area contributed by atoms with E-state index in [1.165, 1.54) is 11.2 Å². The number of hydrogen-bond acceptors (Lipinski definition) is 5. The first-order valence-corrected chi connectivity index (χ1v) is 14.0. The summed E-state index contributed by atoms with van der Waals surface area (Å²) >= 11 is 0. The van der Waals surface area contributed by atoms with Crippen LogP contribution in [-0.2, 0) is 9.53 Å². The molecular formula is C37H31N3O3. The molecule has 0 N–H and O–H groups in total. The second-order valence-electron chi connectivity index (χ2n) is 9.52. The summed E-state index contributed by atoms with van der Waals surface area (Å²) < 4.78 is 5.89. The average molecular weight is 566 g/mol. The number of ether oxygens (including phenoxy) is 1. The zero-order chi connectivity index (χ0) is 29.9. The molecule has 0 atom stereocenters. The van der Waals surface area contributed by atoms with Crippen LogP contribution >= 0.6 is 0 Å². The van der Waals surface area contributed by atoms with Gasteiger partial charge in [0.1, 0.15) is 0 Å². The summed E-state index contributed by atoms with van der Waals surface area (Å²) in [5.74, 6) is -0.163. The van der Waals surface area contributed by atoms with Gasteiger partial charge in [-0.3, -0.25) is 14.5 Å². The number of benzene rings is 5. The number of nitrogens with zero attached hydrogens (tertiary/aromatic N) is 3. The maximum absolute atomic E-state index is 13.2. The zero-order valence-electron chi connectivity index (χ0n) is 23.8. The molecule has 0 aliphatic heterocycles. The van der Waals surface area contributed by atoms with Crippen molar-refractivity contribution in [2.75, 3.05) is 11.4 Å². The van der Waals surface area contributed by atoms with Crippen LogP contribution < -0.4 is 4.90 Å². The van der Waals surface area contributed by atoms with E-state index >= 15 is 0 Å². The third kappa shape index (κ3) is 7.13. The molecule has 0 aromatic heterocycles. The fourth-order valence-corrected chi connectivity index (χ4v) is 4.53. The van der Waals surface area contributed by atoms with Crippen LogP contribution in [0, 0.1) is 0 Å². The van der Waals surface area contributed by atoms with Gasteiger partial charge in [-0.15, -0.1) is 0 Å². The van der Waals surface area contributed by atoms with Gasteiger partial charge in [0.05, 0.1) is 11.9 Å². The highest BCUT2D eigenvalue weighted by atomic mass is 16.5. The summed E-state index contributed by atoms with van der Waals surface area (Å²) in [6.45, 7) is 2.16. The van der Waals surface area contributed by atoms with Crippen molar-refractivity contribution in [3.8, 4) is 0 Å². The Labute approximate surface area is 251 Å². The SMILES string of the molecule is CCN(C=O)C(=Nc1ccccc1C(=O)c1ccccc1)O/C=C/c1ccc(N(c2ccccc2)c2ccccc2)cc1. The molecule has 0 spiro atoms. The maximum atomic E-state index is 13.2. The fraction of sp³-hybridized carbons (Fsp3) is 0.0541. The second-order valence-corrected chi connectivity index (χ2v) is 9.52. The Morgan fingerprint density at radius 2 is 1.23 bits per heavy atom. The van der Waals surface area contributed by atoms with E-state index in [0.717, 1.165) is 22.6 Å². The summed E-state index contributed by atoms with van der Waals surface area (Å²) in [5, 5.41) is 0. The second kappa shape index (κ2) is 14.2. The summed E-state index contributed by atoms with van der Waals surface area (Å²) in [6, 6.07) is 44.6. The van der Waals surface area contributed by atoms with Crippen LogP contribution in [0.4, 0.5) is 22.7 Å². The van der Waals surface area contributed by atoms with Gasteiger partial charge in [0.25, 0.3) is 0 Å². The molecule has 0 saturated carbocycles. The predicted molar refractivity (Wildman–Crippen MR) is 173 cm³/mol. The number of rotatable bonds is 10. The van der Waals surface area contributed by atoms with Crippen LogP contribution in [0.15, 0.2) is 151 Å². The van der Waals surface area contributed by atoms with Crippen molar-refractivity contribution in [3.63, 3.8) is 0 Å². The smallest absolute Gasteiger partial charge is 0.304 e. The Bertz CT molecular complexity index is 1660. The summed E-state index contributed by atoms with van der Waals surface area (Å²) in [6.07, 6.45) is 3.95. The third-order valence-electron chi connectivity index (χ3n) is 6.73. The van der Waals surface area contributed by atoms with E-state index in [1.807, 2.05) is 85.8 Å². The van der Waals surface area contributed by atoms with Crippen molar-refractivity contribution in [1.29, 1.82) is 0 Å². The van der Waals surface area contributed by atoms with Crippen molar-refractivity contribution in [1.82, 2.24) is 4.90 Å². The number of anilines is 3. The lowest BCUT2D eigenvalue weighted by Crippen LogP contribution is -2.30. The lowest BCUT2D eigenvalue weighted by atomic mass is 10.0. The molecule has 0 bridgehead atoms. The molecule has 0 saturated heterocycles. The van der Waals surface area contributed by atoms with Crippen molar-refractivity contribution in [3.05, 3.63) is 162 Å². The first kappa shape index (κ1) is 28.8. The predicted octanol–water partition coefficient (Wildman–Crippen LogP) is 8.54. The van der Waals surface area contributed by atoms with Gasteiger partial charge in [0, 0.05) is 34.7 Å². The number of para-hydroxylation sites is 3. The van der Waals surface area contributed by atoms with E-state index < -0.39 is 0 Å². The van der Waals surface area contributed by atoms with Gasteiger partial charge >= 0.3 is 6.02 Å². The van der Waals surface area contributed by atoms with Crippen LogP contribution in [0.2, 0.25) is 0 Å². The molecule has 0 heterocycles. The van der Waals surface area contributed by atoms with Crippen LogP contribution in [0.25, 0.3) is 6.08 Å². The standard InChI is InChI=1S/C37H31N3O3/c1-2-39(28-41)37(38-35-21-13-12-20-34(35)36(42)30-14-6-3-7-15-30)43-27-26-29-22-24-33(25-23-29)40(31-16-8-4-9-17-31)32-18-10-5-11-19-32/h3-28H,2H2,1H3/b27-26+,38-37?. The highest BCUT2D eigenvalue weighted by molar-refractivity contribution is 6.12. The first-order chi connectivity index (χ1) is 21.2. The molecule has 6 heteroatoms. The van der Waals surface area contributed by atoms with E-state index in [0.29, 0.717) is 29.8 Å². The minimum absolute atomic E-state index is 0.0676. The van der Waals surface area contributed by atoms with Gasteiger partial charge in [-0.25, -0.2) is 0 Å². The van der Waals surface area contributed by atoms with Crippen molar-refractivity contribution >= 4 is 47.0 Å². The summed E-state index contributed by atoms with van der Waals surface area (Å²) in [7, 11) is 0. The third-order valence-corrected chi connectivity index (χ3v) is 6.73. The number of ketones is 1. The van der Waals surface area contributed by atoms with Crippen LogP contribution in [-0.4, -0.2) is 29.7 Å². The molecule has 0 unspecified atom stereocenters. The lowest BCUT2D eigenvalue weighted by Gasteiger charge is -2.25. The Balaban J connectivity index is 1.39. The number of amides is 1. The quantitative estimate of drug-likeness (QED) is 0.0560.